The van der Waals surface area contributed by atoms with Gasteiger partial charge in [-0.15, -0.1) is 0 Å². The minimum Gasteiger partial charge on any atom is -0.392 e. The quantitative estimate of drug-likeness (QED) is 0.121. The molecule has 1 aliphatic heterocycles. The average molecular weight is 589 g/mol. The number of rotatable bonds is 7. The molecule has 5 N–H and O–H groups in total. The number of H-pyrrole nitrogens is 1. The Morgan fingerprint density at radius 3 is 2.77 bits per heavy atom. The summed E-state index contributed by atoms with van der Waals surface area (Å²) >= 11 is 0. The van der Waals surface area contributed by atoms with Crippen molar-refractivity contribution < 1.29 is 9.59 Å². The third-order valence-electron chi connectivity index (χ3n) is 8.42. The highest BCUT2D eigenvalue weighted by atomic mass is 16.2. The highest BCUT2D eigenvalue weighted by Crippen LogP contribution is 2.39. The zero-order valence-corrected chi connectivity index (χ0v) is 25.4. The van der Waals surface area contributed by atoms with Gasteiger partial charge in [0.1, 0.15) is 5.84 Å². The first-order valence-corrected chi connectivity index (χ1v) is 14.8. The van der Waals surface area contributed by atoms with E-state index in [1.165, 1.54) is 5.57 Å². The van der Waals surface area contributed by atoms with Crippen LogP contribution in [0.1, 0.15) is 54.6 Å². The first-order chi connectivity index (χ1) is 21.2. The van der Waals surface area contributed by atoms with Crippen molar-refractivity contribution >= 4 is 45.9 Å². The molecule has 44 heavy (non-hydrogen) atoms. The molecule has 10 nitrogen and oxygen atoms in total. The van der Waals surface area contributed by atoms with Crippen LogP contribution in [0.4, 0.5) is 17.3 Å². The number of hydrogen-bond donors (Lipinski definition) is 4. The van der Waals surface area contributed by atoms with Gasteiger partial charge >= 0.3 is 0 Å². The number of carbonyl (C=O) groups is 2. The lowest BCUT2D eigenvalue weighted by Crippen LogP contribution is -2.25. The van der Waals surface area contributed by atoms with Crippen LogP contribution in [0.15, 0.2) is 77.2 Å². The number of benzene rings is 2. The number of anilines is 2. The molecular formula is C34H36N8O2. The Kier molecular flexibility index (Phi) is 7.73. The molecule has 2 aromatic carbocycles. The molecule has 0 bridgehead atoms. The third-order valence-corrected chi connectivity index (χ3v) is 8.42. The molecule has 1 atom stereocenters. The van der Waals surface area contributed by atoms with Crippen LogP contribution in [-0.4, -0.2) is 39.6 Å². The lowest BCUT2D eigenvalue weighted by Gasteiger charge is -2.20. The number of nitrogens with two attached hydrogens (primary N) is 1. The average Bonchev–Trinajstić information content (AvgIpc) is 3.60. The van der Waals surface area contributed by atoms with Gasteiger partial charge < -0.3 is 26.3 Å². The van der Waals surface area contributed by atoms with Gasteiger partial charge in [-0.25, -0.2) is 9.97 Å². The van der Waals surface area contributed by atoms with Gasteiger partial charge in [0.2, 0.25) is 5.91 Å². The number of fused-ring (bicyclic) bond motifs is 2. The number of amidine groups is 1. The van der Waals surface area contributed by atoms with E-state index < -0.39 is 0 Å². The molecule has 224 valence electrons. The minimum atomic E-state index is -0.105. The van der Waals surface area contributed by atoms with E-state index in [0.717, 1.165) is 63.9 Å². The van der Waals surface area contributed by atoms with Gasteiger partial charge in [-0.3, -0.25) is 9.59 Å². The summed E-state index contributed by atoms with van der Waals surface area (Å²) in [6, 6.07) is 11.4. The number of nitrogens with zero attached hydrogens (tertiary/aromatic N) is 4. The molecule has 2 aliphatic rings. The molecule has 0 saturated carbocycles. The predicted octanol–water partition coefficient (Wildman–Crippen LogP) is 5.89. The largest absolute Gasteiger partial charge is 0.392 e. The van der Waals surface area contributed by atoms with E-state index in [4.69, 9.17) is 10.7 Å². The Morgan fingerprint density at radius 2 is 2.00 bits per heavy atom. The predicted molar refractivity (Wildman–Crippen MR) is 175 cm³/mol. The van der Waals surface area contributed by atoms with Crippen molar-refractivity contribution in [3.63, 3.8) is 0 Å². The maximum Gasteiger partial charge on any atom is 0.259 e. The van der Waals surface area contributed by atoms with Gasteiger partial charge in [0.05, 0.1) is 23.4 Å². The number of aliphatic imine (C=N–C) groups is 1. The molecule has 0 spiro atoms. The summed E-state index contributed by atoms with van der Waals surface area (Å²) in [5, 5.41) is 7.05. The molecule has 6 rings (SSSR count). The Hall–Kier alpha value is -5.25. The fourth-order valence-corrected chi connectivity index (χ4v) is 5.84. The van der Waals surface area contributed by atoms with Crippen LogP contribution < -0.4 is 21.3 Å². The second kappa shape index (κ2) is 11.8. The smallest absolute Gasteiger partial charge is 0.259 e. The Balaban J connectivity index is 1.31. The number of carbonyl (C=O) groups excluding carboxylic acids is 2. The van der Waals surface area contributed by atoms with Crippen molar-refractivity contribution in [2.24, 2.45) is 16.6 Å². The van der Waals surface area contributed by atoms with Crippen LogP contribution in [0.25, 0.3) is 22.2 Å². The summed E-state index contributed by atoms with van der Waals surface area (Å²) in [6.45, 7) is 6.30. The SMILES string of the molecule is CN/C(C)=C\C(N)=N/c1ncc(C)c(-c2c[nH]c3c(N4Cc5c(NC(=O)C6CC=C(C)CC6)cccc5C4=O)cccc23)n1. The van der Waals surface area contributed by atoms with Crippen LogP contribution >= 0.6 is 0 Å². The summed E-state index contributed by atoms with van der Waals surface area (Å²) in [4.78, 5) is 45.4. The first-order valence-electron chi connectivity index (χ1n) is 14.8. The van der Waals surface area contributed by atoms with Gasteiger partial charge in [-0.1, -0.05) is 29.8 Å². The molecule has 2 amide bonds. The van der Waals surface area contributed by atoms with Crippen LogP contribution in [0.2, 0.25) is 0 Å². The second-order valence-corrected chi connectivity index (χ2v) is 11.5. The lowest BCUT2D eigenvalue weighted by atomic mass is 9.89. The maximum atomic E-state index is 13.7. The number of aromatic amines is 1. The molecule has 4 aromatic rings. The van der Waals surface area contributed by atoms with Crippen molar-refractivity contribution in [2.45, 2.75) is 46.6 Å². The number of allylic oxidation sites excluding steroid dienone is 3. The molecule has 0 radical (unpaired) electrons. The highest BCUT2D eigenvalue weighted by molar-refractivity contribution is 6.15. The van der Waals surface area contributed by atoms with Crippen molar-refractivity contribution in [3.05, 3.63) is 88.9 Å². The molecule has 10 heteroatoms. The van der Waals surface area contributed by atoms with Gasteiger partial charge in [-0.2, -0.15) is 4.99 Å². The normalized spacial score (nSPS) is 17.1. The number of para-hydroxylation sites is 1. The van der Waals surface area contributed by atoms with Crippen molar-refractivity contribution in [1.82, 2.24) is 20.3 Å². The van der Waals surface area contributed by atoms with Crippen molar-refractivity contribution in [1.29, 1.82) is 0 Å². The molecule has 0 fully saturated rings. The van der Waals surface area contributed by atoms with Crippen LogP contribution in [-0.2, 0) is 11.3 Å². The lowest BCUT2D eigenvalue weighted by molar-refractivity contribution is -0.120. The zero-order valence-electron chi connectivity index (χ0n) is 25.4. The van der Waals surface area contributed by atoms with E-state index in [2.05, 4.69) is 38.6 Å². The van der Waals surface area contributed by atoms with Crippen LogP contribution in [0, 0.1) is 12.8 Å². The summed E-state index contributed by atoms with van der Waals surface area (Å²) in [6.07, 6.45) is 10.0. The standard InChI is InChI=1S/C34H36N8O2/c1-19-11-13-22(14-12-19)32(43)39-27-9-5-8-24-26(27)18-42(33(24)44)28-10-6-7-23-25(17-37-31(23)28)30-20(2)16-38-34(41-30)40-29(35)15-21(3)36-4/h5-11,15-17,22,36-37H,12-14,18H2,1-4H3,(H,39,43)(H2,35,38,40,41)/b21-15-. The number of aromatic nitrogens is 3. The molecule has 0 saturated heterocycles. The molecule has 1 aliphatic carbocycles. The third kappa shape index (κ3) is 5.46. The van der Waals surface area contributed by atoms with E-state index in [9.17, 15) is 9.59 Å². The highest BCUT2D eigenvalue weighted by Gasteiger charge is 2.33. The number of hydrogen-bond acceptors (Lipinski definition) is 6. The molecule has 3 heterocycles. The Bertz CT molecular complexity index is 1880. The summed E-state index contributed by atoms with van der Waals surface area (Å²) in [5.74, 6) is 0.388. The van der Waals surface area contributed by atoms with E-state index in [1.807, 2.05) is 63.5 Å². The summed E-state index contributed by atoms with van der Waals surface area (Å²) in [7, 11) is 1.81. The van der Waals surface area contributed by atoms with Gasteiger partial charge in [0.15, 0.2) is 0 Å². The van der Waals surface area contributed by atoms with E-state index >= 15 is 0 Å². The fourth-order valence-electron chi connectivity index (χ4n) is 5.84. The van der Waals surface area contributed by atoms with Crippen LogP contribution in [0.5, 0.6) is 0 Å². The second-order valence-electron chi connectivity index (χ2n) is 11.5. The Labute approximate surface area is 256 Å². The molecule has 1 unspecified atom stereocenters. The summed E-state index contributed by atoms with van der Waals surface area (Å²) < 4.78 is 0. The number of amides is 2. The topological polar surface area (TPSA) is 141 Å². The van der Waals surface area contributed by atoms with Crippen molar-refractivity contribution in [2.75, 3.05) is 17.3 Å². The first kappa shape index (κ1) is 28.9. The summed E-state index contributed by atoms with van der Waals surface area (Å²) in [5.41, 5.74) is 14.4. The fraction of sp³-hybridized carbons (Fsp3) is 0.265. The Morgan fingerprint density at radius 1 is 1.18 bits per heavy atom. The van der Waals surface area contributed by atoms with Gasteiger partial charge in [0.25, 0.3) is 11.9 Å². The maximum absolute atomic E-state index is 13.7. The van der Waals surface area contributed by atoms with Gasteiger partial charge in [-0.05, 0) is 69.9 Å². The number of aryl methyl sites for hydroxylation is 1. The molecule has 2 aromatic heterocycles. The number of nitrogens with one attached hydrogen (secondary N) is 3. The zero-order chi connectivity index (χ0) is 31.0. The monoisotopic (exact) mass is 588 g/mol. The van der Waals surface area contributed by atoms with Gasteiger partial charge in [0, 0.05) is 58.8 Å². The van der Waals surface area contributed by atoms with Crippen LogP contribution in [0.3, 0.4) is 0 Å². The molecular weight excluding hydrogens is 552 g/mol. The minimum absolute atomic E-state index is 0.00280. The van der Waals surface area contributed by atoms with E-state index in [-0.39, 0.29) is 23.7 Å². The van der Waals surface area contributed by atoms with E-state index in [1.54, 1.807) is 17.2 Å². The van der Waals surface area contributed by atoms with E-state index in [0.29, 0.717) is 23.6 Å². The van der Waals surface area contributed by atoms with Crippen molar-refractivity contribution in [3.8, 4) is 11.3 Å².